The Hall–Kier alpha value is -4.46. The number of morpholine rings is 1. The van der Waals surface area contributed by atoms with E-state index in [-0.39, 0.29) is 68.8 Å². The maximum atomic E-state index is 14.5. The van der Waals surface area contributed by atoms with Crippen molar-refractivity contribution < 1.29 is 38.2 Å². The molecule has 2 fully saturated rings. The Morgan fingerprint density at radius 3 is 1.98 bits per heavy atom. The molecule has 2 aromatic rings. The monoisotopic (exact) mass is 761 g/mol. The molecule has 4 amide bonds. The number of hydrogen-bond donors (Lipinski definition) is 3. The van der Waals surface area contributed by atoms with E-state index in [4.69, 9.17) is 9.47 Å². The van der Waals surface area contributed by atoms with Crippen molar-refractivity contribution in [1.29, 1.82) is 0 Å². The van der Waals surface area contributed by atoms with Gasteiger partial charge in [0.15, 0.2) is 5.78 Å². The normalized spacial score (nSPS) is 19.0. The topological polar surface area (TPSA) is 167 Å². The fourth-order valence-electron chi connectivity index (χ4n) is 6.68. The minimum absolute atomic E-state index is 0.0269. The first kappa shape index (κ1) is 43.3. The first-order chi connectivity index (χ1) is 26.3. The summed E-state index contributed by atoms with van der Waals surface area (Å²) in [6.45, 7) is 11.4. The van der Waals surface area contributed by atoms with Crippen LogP contribution in [0.15, 0.2) is 60.7 Å². The summed E-state index contributed by atoms with van der Waals surface area (Å²) in [6, 6.07) is 14.9. The molecule has 3 N–H and O–H groups in total. The van der Waals surface area contributed by atoms with Crippen molar-refractivity contribution in [2.45, 2.75) is 103 Å². The number of hydrogen-bond acceptors (Lipinski definition) is 9. The number of benzene rings is 2. The smallest absolute Gasteiger partial charge is 0.243 e. The predicted molar refractivity (Wildman–Crippen MR) is 208 cm³/mol. The first-order valence-corrected chi connectivity index (χ1v) is 19.6. The van der Waals surface area contributed by atoms with Crippen LogP contribution in [0.25, 0.3) is 0 Å². The number of carbonyl (C=O) groups excluding carboxylic acids is 6. The third kappa shape index (κ3) is 13.7. The first-order valence-electron chi connectivity index (χ1n) is 19.6. The number of amides is 4. The maximum Gasteiger partial charge on any atom is 0.243 e. The summed E-state index contributed by atoms with van der Waals surface area (Å²) in [5, 5.41) is 8.59. The third-order valence-electron chi connectivity index (χ3n) is 10.1. The van der Waals surface area contributed by atoms with E-state index in [2.05, 4.69) is 16.0 Å². The van der Waals surface area contributed by atoms with E-state index in [1.165, 1.54) is 4.90 Å². The lowest BCUT2D eigenvalue weighted by molar-refractivity contribution is -0.143. The standard InChI is InChI=1S/C42H59N5O8/c1-6-33(48)19-20-47(37(49)27-46-21-23-54-24-22-46)36(18-17-31-13-9-7-10-14-31)41(53)45-34(25-29(2)3)40(52)44-35(26-32-15-11-8-12-16-32)39(51)43-30(4)38(50)42(5)28-55-42/h7-16,29-30,34-36H,6,17-28H2,1-5H3,(H,43,51)(H,44,52)(H,45,53)/t30-,34-,35-,36-,42+/m0/s1. The van der Waals surface area contributed by atoms with Crippen LogP contribution < -0.4 is 16.0 Å². The van der Waals surface area contributed by atoms with Crippen LogP contribution in [0.1, 0.15) is 71.4 Å². The zero-order chi connectivity index (χ0) is 40.0. The molecule has 2 aromatic carbocycles. The summed E-state index contributed by atoms with van der Waals surface area (Å²) in [5.74, 6) is -2.22. The second-order valence-corrected chi connectivity index (χ2v) is 15.2. The minimum Gasteiger partial charge on any atom is -0.379 e. The van der Waals surface area contributed by atoms with Crippen LogP contribution in [-0.4, -0.2) is 121 Å². The maximum absolute atomic E-state index is 14.5. The van der Waals surface area contributed by atoms with Gasteiger partial charge in [-0.3, -0.25) is 33.7 Å². The molecular weight excluding hydrogens is 702 g/mol. The van der Waals surface area contributed by atoms with Crippen molar-refractivity contribution in [3.05, 3.63) is 71.8 Å². The Bertz CT molecular complexity index is 1590. The molecule has 2 heterocycles. The number of rotatable bonds is 22. The number of nitrogens with one attached hydrogen (secondary N) is 3. The van der Waals surface area contributed by atoms with Gasteiger partial charge in [0.25, 0.3) is 0 Å². The summed E-state index contributed by atoms with van der Waals surface area (Å²) >= 11 is 0. The van der Waals surface area contributed by atoms with Crippen molar-refractivity contribution in [3.8, 4) is 0 Å². The molecule has 0 radical (unpaired) electrons. The molecule has 0 bridgehead atoms. The van der Waals surface area contributed by atoms with Crippen molar-refractivity contribution in [2.75, 3.05) is 46.0 Å². The van der Waals surface area contributed by atoms with Gasteiger partial charge in [-0.2, -0.15) is 0 Å². The quantitative estimate of drug-likeness (QED) is 0.153. The minimum atomic E-state index is -1.06. The average Bonchev–Trinajstić information content (AvgIpc) is 3.93. The molecule has 5 atom stereocenters. The van der Waals surface area contributed by atoms with Crippen LogP contribution in [0, 0.1) is 5.92 Å². The molecule has 2 saturated heterocycles. The highest BCUT2D eigenvalue weighted by Crippen LogP contribution is 2.28. The van der Waals surface area contributed by atoms with E-state index in [0.717, 1.165) is 11.1 Å². The Balaban J connectivity index is 1.59. The Morgan fingerprint density at radius 2 is 1.40 bits per heavy atom. The summed E-state index contributed by atoms with van der Waals surface area (Å²) in [6.07, 6.45) is 1.53. The summed E-state index contributed by atoms with van der Waals surface area (Å²) in [7, 11) is 0. The highest BCUT2D eigenvalue weighted by molar-refractivity contribution is 5.98. The Labute approximate surface area is 325 Å². The van der Waals surface area contributed by atoms with Gasteiger partial charge in [-0.15, -0.1) is 0 Å². The lowest BCUT2D eigenvalue weighted by Gasteiger charge is -2.35. The number of ketones is 2. The molecular formula is C42H59N5O8. The molecule has 300 valence electrons. The van der Waals surface area contributed by atoms with Crippen LogP contribution in [0.5, 0.6) is 0 Å². The van der Waals surface area contributed by atoms with Gasteiger partial charge in [0.2, 0.25) is 23.6 Å². The molecule has 0 aliphatic carbocycles. The van der Waals surface area contributed by atoms with E-state index >= 15 is 0 Å². The van der Waals surface area contributed by atoms with Crippen LogP contribution in [0.4, 0.5) is 0 Å². The third-order valence-corrected chi connectivity index (χ3v) is 10.1. The number of epoxide rings is 1. The van der Waals surface area contributed by atoms with Crippen molar-refractivity contribution in [3.63, 3.8) is 0 Å². The van der Waals surface area contributed by atoms with Gasteiger partial charge in [0, 0.05) is 38.9 Å². The zero-order valence-corrected chi connectivity index (χ0v) is 33.0. The lowest BCUT2D eigenvalue weighted by Crippen LogP contribution is -2.59. The number of nitrogens with zero attached hydrogens (tertiary/aromatic N) is 2. The van der Waals surface area contributed by atoms with Crippen molar-refractivity contribution in [1.82, 2.24) is 25.8 Å². The lowest BCUT2D eigenvalue weighted by atomic mass is 9.98. The second kappa shape index (κ2) is 21.0. The van der Waals surface area contributed by atoms with E-state index in [9.17, 15) is 28.8 Å². The molecule has 4 rings (SSSR count). The molecule has 55 heavy (non-hydrogen) atoms. The van der Waals surface area contributed by atoms with Crippen LogP contribution in [-0.2, 0) is 51.1 Å². The largest absolute Gasteiger partial charge is 0.379 e. The SMILES string of the molecule is CCC(=O)CCN(C(=O)CN1CCOCC1)[C@@H](CCc1ccccc1)C(=O)N[C@@H](CC(C)C)C(=O)N[C@@H](Cc1ccccc1)C(=O)N[C@@H](C)C(=O)[C@@]1(C)CO1. The van der Waals surface area contributed by atoms with Gasteiger partial charge in [-0.25, -0.2) is 0 Å². The van der Waals surface area contributed by atoms with Gasteiger partial charge in [-0.05, 0) is 50.2 Å². The fourth-order valence-corrected chi connectivity index (χ4v) is 6.68. The number of ether oxygens (including phenoxy) is 2. The molecule has 2 aliphatic heterocycles. The molecule has 0 aromatic heterocycles. The van der Waals surface area contributed by atoms with E-state index in [1.54, 1.807) is 20.8 Å². The highest BCUT2D eigenvalue weighted by Gasteiger charge is 2.49. The molecule has 0 unspecified atom stereocenters. The average molecular weight is 762 g/mol. The zero-order valence-electron chi connectivity index (χ0n) is 33.0. The van der Waals surface area contributed by atoms with Crippen LogP contribution in [0.2, 0.25) is 0 Å². The van der Waals surface area contributed by atoms with Crippen molar-refractivity contribution >= 4 is 35.2 Å². The molecule has 13 nitrogen and oxygen atoms in total. The molecule has 13 heteroatoms. The highest BCUT2D eigenvalue weighted by atomic mass is 16.6. The van der Waals surface area contributed by atoms with Gasteiger partial charge in [0.05, 0.1) is 32.4 Å². The number of carbonyl (C=O) groups is 6. The van der Waals surface area contributed by atoms with Crippen LogP contribution in [0.3, 0.4) is 0 Å². The Morgan fingerprint density at radius 1 is 0.818 bits per heavy atom. The Kier molecular flexibility index (Phi) is 16.5. The van der Waals surface area contributed by atoms with Gasteiger partial charge in [-0.1, -0.05) is 81.4 Å². The van der Waals surface area contributed by atoms with Gasteiger partial charge < -0.3 is 30.3 Å². The molecule has 2 aliphatic rings. The summed E-state index contributed by atoms with van der Waals surface area (Å²) in [5.41, 5.74) is 0.836. The fraction of sp³-hybridized carbons (Fsp3) is 0.571. The second-order valence-electron chi connectivity index (χ2n) is 15.2. The van der Waals surface area contributed by atoms with E-state index < -0.39 is 47.5 Å². The van der Waals surface area contributed by atoms with Gasteiger partial charge >= 0.3 is 0 Å². The predicted octanol–water partition coefficient (Wildman–Crippen LogP) is 2.64. The van der Waals surface area contributed by atoms with Crippen molar-refractivity contribution in [2.24, 2.45) is 5.92 Å². The summed E-state index contributed by atoms with van der Waals surface area (Å²) < 4.78 is 10.8. The van der Waals surface area contributed by atoms with Crippen LogP contribution >= 0.6 is 0 Å². The molecule has 0 spiro atoms. The number of aryl methyl sites for hydroxylation is 1. The summed E-state index contributed by atoms with van der Waals surface area (Å²) in [4.78, 5) is 85.4. The van der Waals surface area contributed by atoms with Gasteiger partial charge in [0.1, 0.15) is 29.5 Å². The van der Waals surface area contributed by atoms with E-state index in [1.807, 2.05) is 79.4 Å². The number of Topliss-reactive ketones (excluding diaryl/α,β-unsaturated/α-hetero) is 2. The van der Waals surface area contributed by atoms with E-state index in [0.29, 0.717) is 39.1 Å². The molecule has 0 saturated carbocycles.